The van der Waals surface area contributed by atoms with Gasteiger partial charge in [-0.15, -0.1) is 0 Å². The minimum atomic E-state index is 0.894. The van der Waals surface area contributed by atoms with Crippen molar-refractivity contribution >= 4 is 163 Å². The number of fused-ring (bicyclic) bond motifs is 24. The van der Waals surface area contributed by atoms with Gasteiger partial charge in [0, 0.05) is 146 Å². The molecule has 126 heavy (non-hydrogen) atoms. The highest BCUT2D eigenvalue weighted by molar-refractivity contribution is 6.23. The van der Waals surface area contributed by atoms with Gasteiger partial charge in [0.2, 0.25) is 0 Å². The van der Waals surface area contributed by atoms with Crippen molar-refractivity contribution in [2.45, 2.75) is 0 Å². The van der Waals surface area contributed by atoms with E-state index in [0.29, 0.717) is 0 Å². The number of nitrogens with zero attached hydrogens (tertiary/aromatic N) is 10. The lowest BCUT2D eigenvalue weighted by Crippen LogP contribution is -1.94. The fourth-order valence-electron chi connectivity index (χ4n) is 19.9. The van der Waals surface area contributed by atoms with E-state index in [0.717, 1.165) is 66.2 Å². The number of para-hydroxylation sites is 9. The normalized spacial score (nSPS) is 11.8. The van der Waals surface area contributed by atoms with Crippen molar-refractivity contribution in [1.82, 2.24) is 47.3 Å². The quantitative estimate of drug-likeness (QED) is 0.144. The van der Waals surface area contributed by atoms with E-state index in [1.54, 1.807) is 0 Å². The molecule has 10 nitrogen and oxygen atoms in total. The number of rotatable bonds is 9. The molecular formula is C116H74N10. The van der Waals surface area contributed by atoms with Gasteiger partial charge in [0.25, 0.3) is 0 Å². The zero-order valence-corrected chi connectivity index (χ0v) is 68.2. The summed E-state index contributed by atoms with van der Waals surface area (Å²) in [6.07, 6.45) is 11.4. The van der Waals surface area contributed by atoms with Crippen LogP contribution in [0, 0.1) is 0 Å². The summed E-state index contributed by atoms with van der Waals surface area (Å²) in [5.41, 5.74) is 30.4. The number of pyridine rings is 4. The molecule has 0 amide bonds. The van der Waals surface area contributed by atoms with Crippen molar-refractivity contribution in [2.24, 2.45) is 0 Å². The van der Waals surface area contributed by atoms with Crippen LogP contribution in [0.1, 0.15) is 0 Å². The van der Waals surface area contributed by atoms with Crippen LogP contribution in [0.4, 0.5) is 0 Å². The highest BCUT2D eigenvalue weighted by Crippen LogP contribution is 2.46. The van der Waals surface area contributed by atoms with Crippen molar-refractivity contribution < 1.29 is 0 Å². The molecule has 0 spiro atoms. The van der Waals surface area contributed by atoms with Crippen LogP contribution >= 0.6 is 0 Å². The molecular weight excluding hydrogens is 1530 g/mol. The molecule has 0 radical (unpaired) electrons. The lowest BCUT2D eigenvalue weighted by molar-refractivity contribution is 1.18. The van der Waals surface area contributed by atoms with Crippen LogP contribution in [-0.4, -0.2) is 47.3 Å². The Bertz CT molecular complexity index is 8180. The number of benzene rings is 17. The third-order valence-corrected chi connectivity index (χ3v) is 25.5. The Hall–Kier alpha value is -17.1. The van der Waals surface area contributed by atoms with E-state index in [1.807, 2.05) is 43.2 Å². The molecule has 588 valence electrons. The molecule has 27 aromatic rings. The number of aromatic nitrogens is 10. The summed E-state index contributed by atoms with van der Waals surface area (Å²) in [7, 11) is 0. The SMILES string of the molecule is c1ccc(-n2c3ccccc3c3cc(-c4ccc5c(c4)c4ccc6cccnc6c4n5-c4ccccc4)ccc32)cc1.c1ccc(-n2c3ccccc3c3cc(-c4ccc5c(c4)c4ccc6ccncc6c4n5-c4ccccc4)ccc32)cc1.c1ccc(-n2c3ccccc3c3cc(-c4ccc5c(c4)c4cnc6cnccc6c4n5-c4ccccc4)ccc32)cc1. The summed E-state index contributed by atoms with van der Waals surface area (Å²) >= 11 is 0. The molecule has 10 aromatic heterocycles. The van der Waals surface area contributed by atoms with E-state index >= 15 is 0 Å². The van der Waals surface area contributed by atoms with Crippen LogP contribution in [0.3, 0.4) is 0 Å². The van der Waals surface area contributed by atoms with Crippen molar-refractivity contribution in [1.29, 1.82) is 0 Å². The maximum absolute atomic E-state index is 4.84. The molecule has 0 bridgehead atoms. The molecule has 0 aliphatic heterocycles. The number of hydrogen-bond acceptors (Lipinski definition) is 4. The average molecular weight is 1610 g/mol. The average Bonchev–Trinajstić information content (AvgIpc) is 1.58. The summed E-state index contributed by atoms with van der Waals surface area (Å²) in [5.74, 6) is 0. The monoisotopic (exact) mass is 1610 g/mol. The van der Waals surface area contributed by atoms with Crippen LogP contribution in [0.25, 0.3) is 231 Å². The zero-order chi connectivity index (χ0) is 82.9. The summed E-state index contributed by atoms with van der Waals surface area (Å²) in [6.45, 7) is 0. The molecule has 0 atom stereocenters. The second-order valence-electron chi connectivity index (χ2n) is 32.5. The van der Waals surface area contributed by atoms with E-state index in [-0.39, 0.29) is 0 Å². The Labute approximate surface area is 723 Å². The smallest absolute Gasteiger partial charge is 0.0948 e. The standard InChI is InChI=1S/2C39H25N3.C38H24N4/c1-3-11-29(12-4-1)41-35-16-8-7-15-31(35)33-24-27(18-21-36(33)41)28-19-22-37-34(25-28)32-20-17-26-10-9-23-40-38(26)39(32)42(37)30-13-5-2-6-14-30;1-3-9-29(10-4-1)41-36-14-8-7-13-31(36)33-23-27(16-19-37(33)41)28-17-20-38-34(24-28)32-18-15-26-21-22-40-25-35(26)39(32)42(38)30-11-5-2-6-12-30;1-3-9-27(10-4-1)41-35-14-8-7-13-29(35)31-21-25(15-17-36(31)41)26-16-18-37-32(22-26)33-23-40-34-24-39-20-19-30(34)38(33)42(37)28-11-5-2-6-12-28/h2*1-25H;1-24H. The van der Waals surface area contributed by atoms with Gasteiger partial charge in [0.05, 0.1) is 83.4 Å². The van der Waals surface area contributed by atoms with Crippen molar-refractivity contribution in [3.8, 4) is 67.5 Å². The van der Waals surface area contributed by atoms with Gasteiger partial charge in [-0.3, -0.25) is 19.9 Å². The van der Waals surface area contributed by atoms with Gasteiger partial charge in [-0.1, -0.05) is 231 Å². The first-order valence-corrected chi connectivity index (χ1v) is 42.8. The fraction of sp³-hybridized carbons (Fsp3) is 0. The zero-order valence-electron chi connectivity index (χ0n) is 68.2. The maximum Gasteiger partial charge on any atom is 0.0948 e. The highest BCUT2D eigenvalue weighted by atomic mass is 15.0. The Balaban J connectivity index is 0.000000103. The Kier molecular flexibility index (Phi) is 16.7. The van der Waals surface area contributed by atoms with Crippen LogP contribution in [-0.2, 0) is 0 Å². The van der Waals surface area contributed by atoms with E-state index in [2.05, 4.69) is 444 Å². The topological polar surface area (TPSA) is 81.1 Å². The third kappa shape index (κ3) is 11.6. The largest absolute Gasteiger partial charge is 0.309 e. The van der Waals surface area contributed by atoms with Gasteiger partial charge in [-0.25, -0.2) is 0 Å². The molecule has 0 aliphatic rings. The van der Waals surface area contributed by atoms with Crippen LogP contribution in [0.15, 0.2) is 450 Å². The molecule has 17 aromatic carbocycles. The van der Waals surface area contributed by atoms with E-state index in [4.69, 9.17) is 9.97 Å². The van der Waals surface area contributed by atoms with Gasteiger partial charge in [0.1, 0.15) is 0 Å². The molecule has 0 saturated heterocycles. The molecule has 0 fully saturated rings. The predicted molar refractivity (Wildman–Crippen MR) is 525 cm³/mol. The maximum atomic E-state index is 4.84. The molecule has 0 N–H and O–H groups in total. The lowest BCUT2D eigenvalue weighted by atomic mass is 10.00. The highest BCUT2D eigenvalue weighted by Gasteiger charge is 2.24. The van der Waals surface area contributed by atoms with Gasteiger partial charge in [0.15, 0.2) is 0 Å². The summed E-state index contributed by atoms with van der Waals surface area (Å²) in [6, 6.07) is 148. The van der Waals surface area contributed by atoms with Crippen molar-refractivity contribution in [3.63, 3.8) is 0 Å². The van der Waals surface area contributed by atoms with Crippen molar-refractivity contribution in [2.75, 3.05) is 0 Å². The first kappa shape index (κ1) is 71.8. The van der Waals surface area contributed by atoms with E-state index in [9.17, 15) is 0 Å². The van der Waals surface area contributed by atoms with Gasteiger partial charge < -0.3 is 27.4 Å². The molecule has 27 rings (SSSR count). The second kappa shape index (κ2) is 29.4. The summed E-state index contributed by atoms with van der Waals surface area (Å²) in [4.78, 5) is 18.5. The molecule has 0 saturated carbocycles. The van der Waals surface area contributed by atoms with Crippen molar-refractivity contribution in [3.05, 3.63) is 450 Å². The molecule has 0 aliphatic carbocycles. The summed E-state index contributed by atoms with van der Waals surface area (Å²) in [5, 5.41) is 19.4. The summed E-state index contributed by atoms with van der Waals surface area (Å²) < 4.78 is 14.2. The third-order valence-electron chi connectivity index (χ3n) is 25.5. The molecule has 10 heteroatoms. The molecule has 0 unspecified atom stereocenters. The van der Waals surface area contributed by atoms with Crippen LogP contribution in [0.5, 0.6) is 0 Å². The minimum Gasteiger partial charge on any atom is -0.309 e. The van der Waals surface area contributed by atoms with Crippen LogP contribution < -0.4 is 0 Å². The Morgan fingerprint density at radius 2 is 0.468 bits per heavy atom. The number of hydrogen-bond donors (Lipinski definition) is 0. The first-order valence-electron chi connectivity index (χ1n) is 42.8. The van der Waals surface area contributed by atoms with Gasteiger partial charge in [-0.05, 0) is 221 Å². The predicted octanol–water partition coefficient (Wildman–Crippen LogP) is 29.7. The fourth-order valence-corrected chi connectivity index (χ4v) is 19.9. The lowest BCUT2D eigenvalue weighted by Gasteiger charge is -2.10. The first-order chi connectivity index (χ1) is 62.5. The molecule has 10 heterocycles. The Morgan fingerprint density at radius 1 is 0.159 bits per heavy atom. The second-order valence-corrected chi connectivity index (χ2v) is 32.5. The van der Waals surface area contributed by atoms with Crippen LogP contribution in [0.2, 0.25) is 0 Å². The Morgan fingerprint density at radius 3 is 0.881 bits per heavy atom. The van der Waals surface area contributed by atoms with Gasteiger partial charge in [-0.2, -0.15) is 0 Å². The van der Waals surface area contributed by atoms with Gasteiger partial charge >= 0.3 is 0 Å². The van der Waals surface area contributed by atoms with E-state index < -0.39 is 0 Å². The minimum absolute atomic E-state index is 0.894. The van der Waals surface area contributed by atoms with E-state index in [1.165, 1.54) is 165 Å².